The second-order valence-electron chi connectivity index (χ2n) is 7.16. The zero-order valence-electron chi connectivity index (χ0n) is 14.5. The first-order valence-corrected chi connectivity index (χ1v) is 11.5. The summed E-state index contributed by atoms with van der Waals surface area (Å²) in [6, 6.07) is 5.87. The van der Waals surface area contributed by atoms with Crippen molar-refractivity contribution in [1.29, 1.82) is 5.26 Å². The van der Waals surface area contributed by atoms with Crippen molar-refractivity contribution in [1.82, 2.24) is 10.6 Å². The maximum Gasteiger partial charge on any atom is 0.176 e. The van der Waals surface area contributed by atoms with Crippen LogP contribution in [0, 0.1) is 26.9 Å². The fourth-order valence-electron chi connectivity index (χ4n) is 3.94. The molecule has 3 unspecified atom stereocenters. The number of nitrogens with one attached hydrogen (secondary N) is 2. The zero-order chi connectivity index (χ0) is 18.5. The van der Waals surface area contributed by atoms with Gasteiger partial charge in [-0.3, -0.25) is 10.1 Å². The van der Waals surface area contributed by atoms with Gasteiger partial charge in [0.05, 0.1) is 11.4 Å². The Hall–Kier alpha value is -0.490. The third kappa shape index (κ3) is 5.28. The summed E-state index contributed by atoms with van der Waals surface area (Å²) in [6.07, 6.45) is 7.17. The maximum atomic E-state index is 12.8. The average Bonchev–Trinajstić information content (AvgIpc) is 3.10. The van der Waals surface area contributed by atoms with E-state index in [9.17, 15) is 4.79 Å². The first-order chi connectivity index (χ1) is 12.6. The third-order valence-corrected chi connectivity index (χ3v) is 7.69. The largest absolute Gasteiger partial charge is 0.324 e. The number of carbonyl (C=O) groups excluding carboxylic acids is 1. The number of thioether (sulfide) groups is 1. The Bertz CT molecular complexity index is 696. The quantitative estimate of drug-likeness (QED) is 0.340. The Kier molecular flexibility index (Phi) is 7.50. The van der Waals surface area contributed by atoms with Gasteiger partial charge in [-0.1, -0.05) is 30.5 Å². The van der Waals surface area contributed by atoms with Crippen LogP contribution in [-0.2, 0) is 4.79 Å². The van der Waals surface area contributed by atoms with Crippen molar-refractivity contribution in [3.8, 4) is 6.19 Å². The van der Waals surface area contributed by atoms with Crippen molar-refractivity contribution >= 4 is 51.7 Å². The summed E-state index contributed by atoms with van der Waals surface area (Å²) in [5.41, 5.74) is 1.20. The van der Waals surface area contributed by atoms with Crippen molar-refractivity contribution in [3.63, 3.8) is 0 Å². The topological polar surface area (TPSA) is 64.9 Å². The number of nitriles is 1. The standard InChI is InChI=1S/C19H23ClIN3OS/c20-14-4-5-15(16(21)8-14)19-24-17(10-26-19)18(25)7-12-2-1-3-13(6-12)9-23-11-22/h4-5,8,12-13,17,19,23-24H,1-3,6-7,9-10H2/t12?,13-,17?,19?/m1/s1. The molecule has 0 bridgehead atoms. The minimum atomic E-state index is -0.0610. The van der Waals surface area contributed by atoms with E-state index in [1.807, 2.05) is 18.3 Å². The molecule has 1 heterocycles. The predicted octanol–water partition coefficient (Wildman–Crippen LogP) is 4.48. The average molecular weight is 504 g/mol. The SMILES string of the molecule is N#CNC[C@@H]1CCCC(CC(=O)C2CSC(c3ccc(Cl)cc3I)N2)C1. The monoisotopic (exact) mass is 503 g/mol. The smallest absolute Gasteiger partial charge is 0.176 e. The molecule has 0 radical (unpaired) electrons. The van der Waals surface area contributed by atoms with Crippen LogP contribution in [0.4, 0.5) is 0 Å². The number of nitrogens with zero attached hydrogens (tertiary/aromatic N) is 1. The van der Waals surface area contributed by atoms with Crippen LogP contribution in [0.15, 0.2) is 18.2 Å². The summed E-state index contributed by atoms with van der Waals surface area (Å²) < 4.78 is 1.13. The van der Waals surface area contributed by atoms with E-state index < -0.39 is 0 Å². The molecule has 2 fully saturated rings. The summed E-state index contributed by atoms with van der Waals surface area (Å²) in [4.78, 5) is 12.8. The van der Waals surface area contributed by atoms with Gasteiger partial charge in [0.15, 0.2) is 12.0 Å². The van der Waals surface area contributed by atoms with Gasteiger partial charge < -0.3 is 5.32 Å². The molecular formula is C19H23ClIN3OS. The molecule has 1 aliphatic carbocycles. The Balaban J connectivity index is 1.52. The fraction of sp³-hybridized carbons (Fsp3) is 0.579. The number of benzene rings is 1. The van der Waals surface area contributed by atoms with Gasteiger partial charge in [-0.25, -0.2) is 0 Å². The van der Waals surface area contributed by atoms with E-state index in [1.165, 1.54) is 5.56 Å². The zero-order valence-corrected chi connectivity index (χ0v) is 18.2. The van der Waals surface area contributed by atoms with Gasteiger partial charge in [0.25, 0.3) is 0 Å². The van der Waals surface area contributed by atoms with Crippen molar-refractivity contribution in [2.24, 2.45) is 11.8 Å². The van der Waals surface area contributed by atoms with Crippen LogP contribution in [0.2, 0.25) is 5.02 Å². The van der Waals surface area contributed by atoms with Crippen LogP contribution in [0.25, 0.3) is 0 Å². The Morgan fingerprint density at radius 3 is 3.00 bits per heavy atom. The highest BCUT2D eigenvalue weighted by Crippen LogP contribution is 2.37. The second-order valence-corrected chi connectivity index (χ2v) is 9.90. The lowest BCUT2D eigenvalue weighted by molar-refractivity contribution is -0.121. The maximum absolute atomic E-state index is 12.8. The molecule has 1 saturated heterocycles. The number of rotatable bonds is 6. The van der Waals surface area contributed by atoms with Gasteiger partial charge in [0, 0.05) is 27.3 Å². The molecule has 3 rings (SSSR count). The van der Waals surface area contributed by atoms with Crippen LogP contribution < -0.4 is 10.6 Å². The van der Waals surface area contributed by atoms with Crippen LogP contribution in [-0.4, -0.2) is 24.1 Å². The molecule has 26 heavy (non-hydrogen) atoms. The van der Waals surface area contributed by atoms with E-state index in [2.05, 4.69) is 39.3 Å². The highest BCUT2D eigenvalue weighted by Gasteiger charge is 2.33. The molecule has 2 N–H and O–H groups in total. The molecule has 1 aromatic carbocycles. The molecule has 4 nitrogen and oxygen atoms in total. The lowest BCUT2D eigenvalue weighted by atomic mass is 9.78. The molecule has 1 saturated carbocycles. The lowest BCUT2D eigenvalue weighted by Gasteiger charge is -2.29. The summed E-state index contributed by atoms with van der Waals surface area (Å²) in [6.45, 7) is 0.746. The first kappa shape index (κ1) is 20.2. The van der Waals surface area contributed by atoms with Gasteiger partial charge in [0.1, 0.15) is 0 Å². The second kappa shape index (κ2) is 9.63. The number of hydrogen-bond donors (Lipinski definition) is 2. The van der Waals surface area contributed by atoms with Crippen molar-refractivity contribution in [2.75, 3.05) is 12.3 Å². The Labute approximate surface area is 178 Å². The molecule has 0 aromatic heterocycles. The molecule has 140 valence electrons. The molecule has 2 aliphatic rings. The van der Waals surface area contributed by atoms with E-state index >= 15 is 0 Å². The summed E-state index contributed by atoms with van der Waals surface area (Å²) in [5.74, 6) is 2.15. The first-order valence-electron chi connectivity index (χ1n) is 9.04. The van der Waals surface area contributed by atoms with Gasteiger partial charge in [-0.05, 0) is 65.0 Å². The normalized spacial score (nSPS) is 28.5. The van der Waals surface area contributed by atoms with Gasteiger partial charge in [0.2, 0.25) is 0 Å². The van der Waals surface area contributed by atoms with E-state index in [4.69, 9.17) is 16.9 Å². The molecule has 0 amide bonds. The molecule has 1 aromatic rings. The molecule has 1 aliphatic heterocycles. The van der Waals surface area contributed by atoms with Crippen LogP contribution in [0.5, 0.6) is 0 Å². The van der Waals surface area contributed by atoms with E-state index in [1.54, 1.807) is 11.8 Å². The Morgan fingerprint density at radius 2 is 2.23 bits per heavy atom. The number of hydrogen-bond acceptors (Lipinski definition) is 5. The highest BCUT2D eigenvalue weighted by molar-refractivity contribution is 14.1. The lowest BCUT2D eigenvalue weighted by Crippen LogP contribution is -2.36. The summed E-state index contributed by atoms with van der Waals surface area (Å²) in [7, 11) is 0. The predicted molar refractivity (Wildman–Crippen MR) is 115 cm³/mol. The number of ketones is 1. The minimum absolute atomic E-state index is 0.0610. The van der Waals surface area contributed by atoms with Crippen LogP contribution in [0.1, 0.15) is 43.0 Å². The van der Waals surface area contributed by atoms with Gasteiger partial charge >= 0.3 is 0 Å². The number of carbonyl (C=O) groups is 1. The van der Waals surface area contributed by atoms with E-state index in [0.717, 1.165) is 46.6 Å². The van der Waals surface area contributed by atoms with Crippen molar-refractivity contribution in [2.45, 2.75) is 43.5 Å². The van der Waals surface area contributed by atoms with E-state index in [0.29, 0.717) is 24.0 Å². The van der Waals surface area contributed by atoms with E-state index in [-0.39, 0.29) is 11.4 Å². The van der Waals surface area contributed by atoms with Gasteiger partial charge in [-0.2, -0.15) is 5.26 Å². The minimum Gasteiger partial charge on any atom is -0.324 e. The van der Waals surface area contributed by atoms with Crippen molar-refractivity contribution < 1.29 is 4.79 Å². The summed E-state index contributed by atoms with van der Waals surface area (Å²) in [5, 5.41) is 15.9. The fourth-order valence-corrected chi connectivity index (χ4v) is 6.65. The number of Topliss-reactive ketones (excluding diaryl/α,β-unsaturated/α-hetero) is 1. The summed E-state index contributed by atoms with van der Waals surface area (Å²) >= 11 is 10.2. The van der Waals surface area contributed by atoms with Crippen LogP contribution in [0.3, 0.4) is 0 Å². The molecule has 7 heteroatoms. The molecule has 0 spiro atoms. The van der Waals surface area contributed by atoms with Crippen LogP contribution >= 0.6 is 46.0 Å². The number of halogens is 2. The van der Waals surface area contributed by atoms with Crippen molar-refractivity contribution in [3.05, 3.63) is 32.4 Å². The van der Waals surface area contributed by atoms with Gasteiger partial charge in [-0.15, -0.1) is 11.8 Å². The Morgan fingerprint density at radius 1 is 1.42 bits per heavy atom. The molecular weight excluding hydrogens is 481 g/mol. The third-order valence-electron chi connectivity index (χ3n) is 5.27. The molecule has 4 atom stereocenters. The highest BCUT2D eigenvalue weighted by atomic mass is 127.